The Morgan fingerprint density at radius 1 is 1.44 bits per heavy atom. The number of aromatic nitrogens is 3. The molecule has 0 spiro atoms. The van der Waals surface area contributed by atoms with Crippen molar-refractivity contribution in [3.8, 4) is 11.5 Å². The Bertz CT molecular complexity index is 539. The van der Waals surface area contributed by atoms with E-state index in [2.05, 4.69) is 20.0 Å². The molecule has 0 aliphatic carbocycles. The highest BCUT2D eigenvalue weighted by molar-refractivity contribution is 5.47. The summed E-state index contributed by atoms with van der Waals surface area (Å²) < 4.78 is 18.0. The van der Waals surface area contributed by atoms with E-state index in [0.717, 1.165) is 25.6 Å². The third-order valence-electron chi connectivity index (χ3n) is 3.20. The number of nitrogens with zero attached hydrogens (tertiary/aromatic N) is 4. The molecule has 5 nitrogen and oxygen atoms in total. The van der Waals surface area contributed by atoms with Crippen LogP contribution in [0.25, 0.3) is 11.5 Å². The topological polar surface area (TPSA) is 55.1 Å². The summed E-state index contributed by atoms with van der Waals surface area (Å²) in [5, 5.41) is 3.90. The monoisotopic (exact) mass is 248 g/mol. The second-order valence-electron chi connectivity index (χ2n) is 4.46. The van der Waals surface area contributed by atoms with Crippen molar-refractivity contribution >= 4 is 0 Å². The predicted octanol–water partition coefficient (Wildman–Crippen LogP) is 2.04. The average molecular weight is 248 g/mol. The largest absolute Gasteiger partial charge is 0.337 e. The van der Waals surface area contributed by atoms with E-state index in [0.29, 0.717) is 17.4 Å². The summed E-state index contributed by atoms with van der Waals surface area (Å²) in [5.74, 6) is 0.638. The maximum Gasteiger partial charge on any atom is 0.244 e. The molecule has 0 N–H and O–H groups in total. The minimum Gasteiger partial charge on any atom is -0.337 e. The Balaban J connectivity index is 1.87. The highest BCUT2D eigenvalue weighted by Gasteiger charge is 2.28. The van der Waals surface area contributed by atoms with Gasteiger partial charge in [0.05, 0.1) is 12.2 Å². The maximum absolute atomic E-state index is 12.8. The minimum atomic E-state index is -0.377. The van der Waals surface area contributed by atoms with E-state index in [1.54, 1.807) is 6.07 Å². The van der Waals surface area contributed by atoms with E-state index in [-0.39, 0.29) is 11.9 Å². The number of halogens is 1. The first-order chi connectivity index (χ1) is 8.74. The van der Waals surface area contributed by atoms with Gasteiger partial charge < -0.3 is 4.52 Å². The zero-order valence-electron chi connectivity index (χ0n) is 10.0. The second kappa shape index (κ2) is 4.45. The summed E-state index contributed by atoms with van der Waals surface area (Å²) in [6, 6.07) is 3.06. The van der Waals surface area contributed by atoms with Crippen LogP contribution in [0.3, 0.4) is 0 Å². The fourth-order valence-corrected chi connectivity index (χ4v) is 2.20. The molecule has 0 amide bonds. The molecule has 1 aliphatic rings. The summed E-state index contributed by atoms with van der Waals surface area (Å²) in [4.78, 5) is 10.5. The molecule has 0 aromatic carbocycles. The quantitative estimate of drug-likeness (QED) is 0.814. The molecule has 1 aliphatic heterocycles. The van der Waals surface area contributed by atoms with Gasteiger partial charge in [0.1, 0.15) is 11.5 Å². The third-order valence-corrected chi connectivity index (χ3v) is 3.20. The molecule has 0 unspecified atom stereocenters. The molecule has 2 aromatic heterocycles. The molecule has 0 saturated carbocycles. The van der Waals surface area contributed by atoms with Gasteiger partial charge in [0.15, 0.2) is 0 Å². The number of pyridine rings is 1. The van der Waals surface area contributed by atoms with E-state index in [4.69, 9.17) is 4.52 Å². The molecule has 0 bridgehead atoms. The van der Waals surface area contributed by atoms with Crippen molar-refractivity contribution in [2.24, 2.45) is 0 Å². The van der Waals surface area contributed by atoms with Gasteiger partial charge in [-0.2, -0.15) is 4.98 Å². The number of hydrogen-bond acceptors (Lipinski definition) is 5. The molecule has 94 valence electrons. The van der Waals surface area contributed by atoms with Gasteiger partial charge in [-0.05, 0) is 38.6 Å². The molecule has 2 aromatic rings. The maximum atomic E-state index is 12.8. The van der Waals surface area contributed by atoms with Gasteiger partial charge in [-0.25, -0.2) is 9.37 Å². The summed E-state index contributed by atoms with van der Waals surface area (Å²) in [5.41, 5.74) is 0.520. The normalized spacial score (nSPS) is 20.4. The van der Waals surface area contributed by atoms with Gasteiger partial charge >= 0.3 is 0 Å². The molecule has 1 fully saturated rings. The van der Waals surface area contributed by atoms with Crippen molar-refractivity contribution in [1.82, 2.24) is 20.0 Å². The first-order valence-corrected chi connectivity index (χ1v) is 5.90. The van der Waals surface area contributed by atoms with Crippen molar-refractivity contribution in [2.75, 3.05) is 13.6 Å². The van der Waals surface area contributed by atoms with Crippen molar-refractivity contribution in [3.05, 3.63) is 30.0 Å². The fourth-order valence-electron chi connectivity index (χ4n) is 2.20. The van der Waals surface area contributed by atoms with Crippen molar-refractivity contribution < 1.29 is 8.91 Å². The van der Waals surface area contributed by atoms with E-state index in [1.165, 1.54) is 6.07 Å². The Morgan fingerprint density at radius 2 is 2.33 bits per heavy atom. The zero-order chi connectivity index (χ0) is 12.5. The molecule has 1 saturated heterocycles. The lowest BCUT2D eigenvalue weighted by atomic mass is 10.2. The zero-order valence-corrected chi connectivity index (χ0v) is 10.0. The van der Waals surface area contributed by atoms with Crippen LogP contribution in [0.5, 0.6) is 0 Å². The lowest BCUT2D eigenvalue weighted by Crippen LogP contribution is -2.17. The fraction of sp³-hybridized carbons (Fsp3) is 0.417. The van der Waals surface area contributed by atoms with E-state index < -0.39 is 0 Å². The van der Waals surface area contributed by atoms with Crippen LogP contribution >= 0.6 is 0 Å². The number of likely N-dealkylation sites (tertiary alicyclic amines) is 1. The highest BCUT2D eigenvalue weighted by Crippen LogP contribution is 2.29. The van der Waals surface area contributed by atoms with Crippen LogP contribution in [0, 0.1) is 5.82 Å². The Labute approximate surface area is 104 Å². The summed E-state index contributed by atoms with van der Waals surface area (Å²) >= 11 is 0. The smallest absolute Gasteiger partial charge is 0.244 e. The summed E-state index contributed by atoms with van der Waals surface area (Å²) in [6.45, 7) is 1.04. The third kappa shape index (κ3) is 1.99. The lowest BCUT2D eigenvalue weighted by molar-refractivity contribution is 0.245. The van der Waals surface area contributed by atoms with Crippen LogP contribution in [0.4, 0.5) is 4.39 Å². The van der Waals surface area contributed by atoms with Crippen molar-refractivity contribution in [1.29, 1.82) is 0 Å². The second-order valence-corrected chi connectivity index (χ2v) is 4.46. The number of hydrogen-bond donors (Lipinski definition) is 0. The molecule has 0 radical (unpaired) electrons. The van der Waals surface area contributed by atoms with Crippen LogP contribution in [-0.2, 0) is 0 Å². The first-order valence-electron chi connectivity index (χ1n) is 5.90. The number of rotatable bonds is 2. The molecule has 3 heterocycles. The summed E-state index contributed by atoms with van der Waals surface area (Å²) in [7, 11) is 2.04. The van der Waals surface area contributed by atoms with Gasteiger partial charge in [-0.15, -0.1) is 0 Å². The SMILES string of the molecule is CN1CCC[C@H]1c1nc(-c2ccc(F)cn2)no1. The van der Waals surface area contributed by atoms with E-state index >= 15 is 0 Å². The summed E-state index contributed by atoms with van der Waals surface area (Å²) in [6.07, 6.45) is 3.30. The standard InChI is InChI=1S/C12H13FN4O/c1-17-6-2-3-10(17)12-15-11(16-18-12)9-5-4-8(13)7-14-9/h4-5,7,10H,2-3,6H2,1H3/t10-/m0/s1. The van der Waals surface area contributed by atoms with Crippen LogP contribution in [-0.4, -0.2) is 33.6 Å². The lowest BCUT2D eigenvalue weighted by Gasteiger charge is -2.14. The Morgan fingerprint density at radius 3 is 3.00 bits per heavy atom. The first kappa shape index (κ1) is 11.3. The molecule has 18 heavy (non-hydrogen) atoms. The van der Waals surface area contributed by atoms with Crippen LogP contribution < -0.4 is 0 Å². The van der Waals surface area contributed by atoms with Crippen LogP contribution in [0.1, 0.15) is 24.8 Å². The van der Waals surface area contributed by atoms with Gasteiger partial charge in [0.25, 0.3) is 0 Å². The van der Waals surface area contributed by atoms with E-state index in [9.17, 15) is 4.39 Å². The molecule has 3 rings (SSSR count). The van der Waals surface area contributed by atoms with Crippen molar-refractivity contribution in [3.63, 3.8) is 0 Å². The van der Waals surface area contributed by atoms with Gasteiger partial charge in [-0.1, -0.05) is 5.16 Å². The predicted molar refractivity (Wildman–Crippen MR) is 62.1 cm³/mol. The Kier molecular flexibility index (Phi) is 2.79. The molecule has 1 atom stereocenters. The Hall–Kier alpha value is -1.82. The van der Waals surface area contributed by atoms with Crippen LogP contribution in [0.15, 0.2) is 22.9 Å². The van der Waals surface area contributed by atoms with Crippen LogP contribution in [0.2, 0.25) is 0 Å². The molecular formula is C12H13FN4O. The van der Waals surface area contributed by atoms with Gasteiger partial charge in [-0.3, -0.25) is 4.90 Å². The van der Waals surface area contributed by atoms with Crippen molar-refractivity contribution in [2.45, 2.75) is 18.9 Å². The molecule has 6 heteroatoms. The highest BCUT2D eigenvalue weighted by atomic mass is 19.1. The minimum absolute atomic E-state index is 0.187. The molecular weight excluding hydrogens is 235 g/mol. The average Bonchev–Trinajstić information content (AvgIpc) is 2.98. The van der Waals surface area contributed by atoms with E-state index in [1.807, 2.05) is 7.05 Å². The van der Waals surface area contributed by atoms with Gasteiger partial charge in [0, 0.05) is 0 Å². The van der Waals surface area contributed by atoms with Gasteiger partial charge in [0.2, 0.25) is 11.7 Å².